The Balaban J connectivity index is 1.56. The molecule has 2 amide bonds. The van der Waals surface area contributed by atoms with Gasteiger partial charge in [-0.3, -0.25) is 14.5 Å². The summed E-state index contributed by atoms with van der Waals surface area (Å²) in [7, 11) is 1.66. The largest absolute Gasteiger partial charge is 0.285 e. The van der Waals surface area contributed by atoms with Crippen LogP contribution < -0.4 is 0 Å². The molecular weight excluding hydrogens is 250 g/mol. The lowest BCUT2D eigenvalue weighted by atomic mass is 9.57. The normalized spacial score (nSPS) is 47.0. The van der Waals surface area contributed by atoms with Crippen LogP contribution >= 0.6 is 0 Å². The fraction of sp³-hybridized carbons (Fsp3) is 0.765. The highest BCUT2D eigenvalue weighted by molar-refractivity contribution is 6.04. The minimum atomic E-state index is 0.00410. The molecule has 1 saturated heterocycles. The number of allylic oxidation sites excluding steroid dienone is 2. The molecular formula is C17H23NO2. The van der Waals surface area contributed by atoms with E-state index in [4.69, 9.17) is 0 Å². The van der Waals surface area contributed by atoms with Crippen molar-refractivity contribution in [1.82, 2.24) is 4.90 Å². The smallest absolute Gasteiger partial charge is 0.232 e. The molecule has 0 N–H and O–H groups in total. The molecule has 3 heteroatoms. The van der Waals surface area contributed by atoms with E-state index in [1.807, 2.05) is 0 Å². The lowest BCUT2D eigenvalue weighted by molar-refractivity contribution is -0.138. The highest BCUT2D eigenvalue weighted by Gasteiger charge is 2.53. The lowest BCUT2D eigenvalue weighted by Crippen LogP contribution is -2.40. The standard InChI is InChI=1S/C17H23NO2/c1-18-16(19)14-8-12-6-10-4-2-3-5-11(10)7-13(12)9-15(14)17(18)20/h2-3,10-15H,4-9H2,1H3/t10-,11+,12+,13-,14-,15+. The van der Waals surface area contributed by atoms with Gasteiger partial charge in [0.15, 0.2) is 0 Å². The quantitative estimate of drug-likeness (QED) is 0.502. The number of likely N-dealkylation sites (tertiary alicyclic amines) is 1. The first-order valence-corrected chi connectivity index (χ1v) is 8.11. The minimum absolute atomic E-state index is 0.00410. The first-order chi connectivity index (χ1) is 9.65. The van der Waals surface area contributed by atoms with Crippen LogP contribution in [0.5, 0.6) is 0 Å². The molecule has 6 atom stereocenters. The van der Waals surface area contributed by atoms with Crippen LogP contribution in [0.15, 0.2) is 12.2 Å². The number of amides is 2. The van der Waals surface area contributed by atoms with E-state index in [0.717, 1.165) is 24.7 Å². The van der Waals surface area contributed by atoms with E-state index in [0.29, 0.717) is 11.8 Å². The zero-order valence-electron chi connectivity index (χ0n) is 12.1. The molecule has 1 aliphatic heterocycles. The van der Waals surface area contributed by atoms with Crippen molar-refractivity contribution in [1.29, 1.82) is 0 Å². The van der Waals surface area contributed by atoms with Crippen molar-refractivity contribution >= 4 is 11.8 Å². The van der Waals surface area contributed by atoms with E-state index < -0.39 is 0 Å². The number of hydrogen-bond acceptors (Lipinski definition) is 2. The van der Waals surface area contributed by atoms with Crippen LogP contribution in [0, 0.1) is 35.5 Å². The molecule has 0 spiro atoms. The van der Waals surface area contributed by atoms with Crippen molar-refractivity contribution in [2.24, 2.45) is 35.5 Å². The van der Waals surface area contributed by atoms with Crippen molar-refractivity contribution in [3.63, 3.8) is 0 Å². The highest BCUT2D eigenvalue weighted by atomic mass is 16.2. The predicted molar refractivity (Wildman–Crippen MR) is 75.6 cm³/mol. The average molecular weight is 273 g/mol. The zero-order chi connectivity index (χ0) is 13.9. The van der Waals surface area contributed by atoms with Crippen molar-refractivity contribution in [2.75, 3.05) is 7.05 Å². The zero-order valence-corrected chi connectivity index (χ0v) is 12.1. The van der Waals surface area contributed by atoms with Gasteiger partial charge in [0, 0.05) is 7.05 Å². The van der Waals surface area contributed by atoms with Gasteiger partial charge in [-0.1, -0.05) is 12.2 Å². The Morgan fingerprint density at radius 1 is 0.800 bits per heavy atom. The second-order valence-electron chi connectivity index (χ2n) is 7.37. The molecule has 20 heavy (non-hydrogen) atoms. The minimum Gasteiger partial charge on any atom is -0.285 e. The fourth-order valence-electron chi connectivity index (χ4n) is 5.38. The third-order valence-electron chi connectivity index (χ3n) is 6.48. The summed E-state index contributed by atoms with van der Waals surface area (Å²) in [5.41, 5.74) is 0. The Morgan fingerprint density at radius 2 is 1.25 bits per heavy atom. The summed E-state index contributed by atoms with van der Waals surface area (Å²) in [4.78, 5) is 25.8. The maximum Gasteiger partial charge on any atom is 0.232 e. The second-order valence-corrected chi connectivity index (χ2v) is 7.37. The van der Waals surface area contributed by atoms with Gasteiger partial charge in [0.2, 0.25) is 11.8 Å². The molecule has 4 rings (SSSR count). The molecule has 0 bridgehead atoms. The predicted octanol–water partition coefficient (Wildman–Crippen LogP) is 2.62. The molecule has 3 aliphatic carbocycles. The first kappa shape index (κ1) is 12.6. The van der Waals surface area contributed by atoms with Crippen LogP contribution in [-0.4, -0.2) is 23.8 Å². The number of carbonyl (C=O) groups is 2. The van der Waals surface area contributed by atoms with Gasteiger partial charge < -0.3 is 0 Å². The van der Waals surface area contributed by atoms with Gasteiger partial charge in [-0.05, 0) is 62.2 Å². The molecule has 3 nitrogen and oxygen atoms in total. The van der Waals surface area contributed by atoms with Gasteiger partial charge in [0.25, 0.3) is 0 Å². The molecule has 0 aromatic rings. The van der Waals surface area contributed by atoms with E-state index in [1.54, 1.807) is 7.05 Å². The monoisotopic (exact) mass is 273 g/mol. The number of carbonyl (C=O) groups excluding carboxylic acids is 2. The van der Waals surface area contributed by atoms with Crippen LogP contribution in [0.1, 0.15) is 38.5 Å². The van der Waals surface area contributed by atoms with Crippen LogP contribution in [0.3, 0.4) is 0 Å². The maximum atomic E-state index is 12.2. The maximum absolute atomic E-state index is 12.2. The number of fused-ring (bicyclic) bond motifs is 3. The van der Waals surface area contributed by atoms with Crippen molar-refractivity contribution < 1.29 is 9.59 Å². The summed E-state index contributed by atoms with van der Waals surface area (Å²) < 4.78 is 0. The summed E-state index contributed by atoms with van der Waals surface area (Å²) in [5.74, 6) is 3.23. The van der Waals surface area contributed by atoms with E-state index in [-0.39, 0.29) is 23.7 Å². The molecule has 1 heterocycles. The van der Waals surface area contributed by atoms with E-state index in [1.165, 1.54) is 30.6 Å². The molecule has 0 unspecified atom stereocenters. The third kappa shape index (κ3) is 1.71. The molecule has 0 radical (unpaired) electrons. The Kier molecular flexibility index (Phi) is 2.80. The number of imide groups is 1. The van der Waals surface area contributed by atoms with Gasteiger partial charge in [0.1, 0.15) is 0 Å². The van der Waals surface area contributed by atoms with Gasteiger partial charge in [-0.2, -0.15) is 0 Å². The summed E-state index contributed by atoms with van der Waals surface area (Å²) in [6, 6.07) is 0. The van der Waals surface area contributed by atoms with Crippen molar-refractivity contribution in [3.05, 3.63) is 12.2 Å². The molecule has 108 valence electrons. The molecule has 4 aliphatic rings. The van der Waals surface area contributed by atoms with Crippen LogP contribution in [0.2, 0.25) is 0 Å². The summed E-state index contributed by atoms with van der Waals surface area (Å²) in [5, 5.41) is 0. The first-order valence-electron chi connectivity index (χ1n) is 8.11. The molecule has 0 aromatic carbocycles. The van der Waals surface area contributed by atoms with Crippen molar-refractivity contribution in [3.8, 4) is 0 Å². The SMILES string of the molecule is CN1C(=O)[C@H]2C[C@H]3C[C@@H]4CC=CC[C@@H]4C[C@H]3C[C@H]2C1=O. The summed E-state index contributed by atoms with van der Waals surface area (Å²) >= 11 is 0. The summed E-state index contributed by atoms with van der Waals surface area (Å²) in [6.45, 7) is 0. The Morgan fingerprint density at radius 3 is 1.70 bits per heavy atom. The van der Waals surface area contributed by atoms with Gasteiger partial charge >= 0.3 is 0 Å². The fourth-order valence-corrected chi connectivity index (χ4v) is 5.38. The number of hydrogen-bond donors (Lipinski definition) is 0. The van der Waals surface area contributed by atoms with Gasteiger partial charge in [0.05, 0.1) is 11.8 Å². The van der Waals surface area contributed by atoms with Crippen LogP contribution in [-0.2, 0) is 9.59 Å². The average Bonchev–Trinajstić information content (AvgIpc) is 2.68. The summed E-state index contributed by atoms with van der Waals surface area (Å²) in [6.07, 6.45) is 11.6. The highest BCUT2D eigenvalue weighted by Crippen LogP contribution is 2.53. The third-order valence-corrected chi connectivity index (χ3v) is 6.48. The molecule has 2 saturated carbocycles. The number of nitrogens with zero attached hydrogens (tertiary/aromatic N) is 1. The van der Waals surface area contributed by atoms with Crippen LogP contribution in [0.4, 0.5) is 0 Å². The topological polar surface area (TPSA) is 37.4 Å². The Bertz CT molecular complexity index is 441. The van der Waals surface area contributed by atoms with Crippen LogP contribution in [0.25, 0.3) is 0 Å². The van der Waals surface area contributed by atoms with E-state index in [2.05, 4.69) is 12.2 Å². The number of rotatable bonds is 0. The molecule has 3 fully saturated rings. The molecule has 0 aromatic heterocycles. The van der Waals surface area contributed by atoms with Crippen molar-refractivity contribution in [2.45, 2.75) is 38.5 Å². The van der Waals surface area contributed by atoms with E-state index in [9.17, 15) is 9.59 Å². The van der Waals surface area contributed by atoms with Gasteiger partial charge in [-0.15, -0.1) is 0 Å². The Hall–Kier alpha value is -1.12. The lowest BCUT2D eigenvalue weighted by Gasteiger charge is -2.46. The van der Waals surface area contributed by atoms with E-state index >= 15 is 0 Å². The second kappa shape index (κ2) is 4.44. The Labute approximate surface area is 120 Å². The van der Waals surface area contributed by atoms with Gasteiger partial charge in [-0.25, -0.2) is 0 Å².